The van der Waals surface area contributed by atoms with E-state index in [9.17, 15) is 0 Å². The number of nitrogens with zero attached hydrogens (tertiary/aromatic N) is 2. The van der Waals surface area contributed by atoms with Crippen LogP contribution in [0.4, 0.5) is 39.8 Å². The van der Waals surface area contributed by atoms with Crippen molar-refractivity contribution in [2.24, 2.45) is 17.8 Å². The molecule has 4 bridgehead atoms. The zero-order chi connectivity index (χ0) is 47.0. The molecular formula is C63H58B3N3O. The van der Waals surface area contributed by atoms with Crippen LogP contribution in [0.5, 0.6) is 11.5 Å². The van der Waals surface area contributed by atoms with Gasteiger partial charge in [-0.25, -0.2) is 0 Å². The average molecular weight is 906 g/mol. The van der Waals surface area contributed by atoms with Crippen molar-refractivity contribution in [1.29, 1.82) is 0 Å². The van der Waals surface area contributed by atoms with E-state index in [0.29, 0.717) is 0 Å². The summed E-state index contributed by atoms with van der Waals surface area (Å²) in [6.07, 6.45) is 7.91. The third-order valence-electron chi connectivity index (χ3n) is 17.7. The Kier molecular flexibility index (Phi) is 9.52. The molecule has 70 heavy (non-hydrogen) atoms. The van der Waals surface area contributed by atoms with Crippen LogP contribution in [0.25, 0.3) is 0 Å². The molecule has 0 amide bonds. The van der Waals surface area contributed by atoms with Gasteiger partial charge < -0.3 is 19.9 Å². The maximum absolute atomic E-state index is 7.51. The van der Waals surface area contributed by atoms with E-state index < -0.39 is 0 Å². The minimum Gasteiger partial charge on any atom is -0.458 e. The Bertz CT molecular complexity index is 3370. The molecule has 0 aromatic heterocycles. The van der Waals surface area contributed by atoms with E-state index >= 15 is 0 Å². The average Bonchev–Trinajstić information content (AvgIpc) is 3.34. The molecule has 340 valence electrons. The van der Waals surface area contributed by atoms with E-state index in [1.54, 1.807) is 0 Å². The number of ether oxygens (including phenoxy) is 1. The van der Waals surface area contributed by atoms with Gasteiger partial charge in [0.2, 0.25) is 6.71 Å². The highest BCUT2D eigenvalue weighted by Crippen LogP contribution is 2.61. The first kappa shape index (κ1) is 42.1. The second kappa shape index (κ2) is 15.8. The van der Waals surface area contributed by atoms with Crippen LogP contribution in [0.15, 0.2) is 158 Å². The lowest BCUT2D eigenvalue weighted by Gasteiger charge is -2.62. The number of aryl methyl sites for hydroxylation is 5. The Morgan fingerprint density at radius 1 is 0.500 bits per heavy atom. The van der Waals surface area contributed by atoms with Gasteiger partial charge in [-0.2, -0.15) is 0 Å². The van der Waals surface area contributed by atoms with E-state index in [0.717, 1.165) is 53.6 Å². The third kappa shape index (κ3) is 6.53. The van der Waals surface area contributed by atoms with Gasteiger partial charge in [-0.15, -0.1) is 0 Å². The van der Waals surface area contributed by atoms with Gasteiger partial charge in [-0.3, -0.25) is 0 Å². The summed E-state index contributed by atoms with van der Waals surface area (Å²) < 4.78 is 7.51. The molecule has 4 nitrogen and oxygen atoms in total. The zero-order valence-electron chi connectivity index (χ0n) is 41.2. The Morgan fingerprint density at radius 3 is 1.87 bits per heavy atom. The first-order valence-electron chi connectivity index (χ1n) is 26.0. The molecule has 7 heteroatoms. The fourth-order valence-corrected chi connectivity index (χ4v) is 15.1. The number of benzene rings is 8. The van der Waals surface area contributed by atoms with Crippen LogP contribution in [-0.4, -0.2) is 26.2 Å². The van der Waals surface area contributed by atoms with Crippen molar-refractivity contribution in [2.75, 3.05) is 15.1 Å². The van der Waals surface area contributed by atoms with Gasteiger partial charge in [-0.05, 0) is 178 Å². The molecule has 0 saturated heterocycles. The van der Waals surface area contributed by atoms with Gasteiger partial charge >= 0.3 is 0 Å². The Labute approximate surface area is 415 Å². The molecule has 3 heterocycles. The van der Waals surface area contributed by atoms with Crippen molar-refractivity contribution < 1.29 is 4.74 Å². The summed E-state index contributed by atoms with van der Waals surface area (Å²) in [5.74, 6) is 4.26. The number of hydrogen-bond acceptors (Lipinski definition) is 4. The van der Waals surface area contributed by atoms with Gasteiger partial charge in [0.25, 0.3) is 6.71 Å². The molecule has 8 aromatic rings. The van der Waals surface area contributed by atoms with Crippen molar-refractivity contribution in [3.05, 3.63) is 186 Å². The van der Waals surface area contributed by atoms with Crippen LogP contribution < -0.4 is 63.6 Å². The second-order valence-corrected chi connectivity index (χ2v) is 22.3. The lowest BCUT2D eigenvalue weighted by atomic mass is 9.30. The highest BCUT2D eigenvalue weighted by Gasteiger charge is 2.57. The number of hydrogen-bond donors (Lipinski definition) is 1. The van der Waals surface area contributed by atoms with Crippen LogP contribution in [0.3, 0.4) is 0 Å². The summed E-state index contributed by atoms with van der Waals surface area (Å²) in [7, 11) is 0.882. The standard InChI is InChI=1S/C63H58B3N3O/c1-38-24-42(5)61-56(25-38)67-55-23-15-14-22-51(55)65(61)52-34-53-57(26-41(52)4)69(63-35-43-28-44(36-63)30-45(29-43)37-63)58-31-48(68(46-17-8-6-9-18-46)47-19-10-7-11-20-47)32-60-62(58)66(53)54-33-50(40(3)27-59(54)70-60)64-49-21-13-12-16-39(49)2/h6-27,31-34,43-45,64,67H,28-30,35-37H2,1-5H3. The maximum Gasteiger partial charge on any atom is 0.256 e. The van der Waals surface area contributed by atoms with Gasteiger partial charge in [-0.1, -0.05) is 136 Å². The molecule has 4 aliphatic carbocycles. The van der Waals surface area contributed by atoms with Crippen molar-refractivity contribution in [1.82, 2.24) is 0 Å². The summed E-state index contributed by atoms with van der Waals surface area (Å²) in [6.45, 7) is 11.5. The smallest absolute Gasteiger partial charge is 0.256 e. The molecule has 4 fully saturated rings. The molecule has 3 aliphatic heterocycles. The molecule has 1 N–H and O–H groups in total. The predicted octanol–water partition coefficient (Wildman–Crippen LogP) is 9.70. The van der Waals surface area contributed by atoms with E-state index in [2.05, 4.69) is 207 Å². The Hall–Kier alpha value is -6.85. The van der Waals surface area contributed by atoms with Gasteiger partial charge in [0.05, 0.1) is 5.69 Å². The summed E-state index contributed by atoms with van der Waals surface area (Å²) in [6, 6.07) is 59.7. The quantitative estimate of drug-likeness (QED) is 0.161. The summed E-state index contributed by atoms with van der Waals surface area (Å²) in [4.78, 5) is 5.39. The highest BCUT2D eigenvalue weighted by molar-refractivity contribution is 7.01. The molecule has 8 aromatic carbocycles. The van der Waals surface area contributed by atoms with Crippen LogP contribution in [0.2, 0.25) is 0 Å². The largest absolute Gasteiger partial charge is 0.458 e. The Morgan fingerprint density at radius 2 is 1.16 bits per heavy atom. The van der Waals surface area contributed by atoms with Crippen molar-refractivity contribution in [3.8, 4) is 11.5 Å². The molecule has 7 aliphatic rings. The Balaban J connectivity index is 1.06. The topological polar surface area (TPSA) is 27.7 Å². The molecular weight excluding hydrogens is 847 g/mol. The first-order valence-corrected chi connectivity index (χ1v) is 26.0. The van der Waals surface area contributed by atoms with E-state index in [1.165, 1.54) is 133 Å². The van der Waals surface area contributed by atoms with Gasteiger partial charge in [0.1, 0.15) is 11.5 Å². The third-order valence-corrected chi connectivity index (χ3v) is 17.7. The summed E-state index contributed by atoms with van der Waals surface area (Å²) >= 11 is 0. The number of anilines is 7. The normalized spacial score (nSPS) is 20.6. The molecule has 0 radical (unpaired) electrons. The first-order chi connectivity index (χ1) is 34.2. The minimum atomic E-state index is -0.0315. The molecule has 4 saturated carbocycles. The van der Waals surface area contributed by atoms with Crippen molar-refractivity contribution in [3.63, 3.8) is 0 Å². The molecule has 0 unspecified atom stereocenters. The van der Waals surface area contributed by atoms with Crippen LogP contribution in [0.1, 0.15) is 66.3 Å². The number of fused-ring (bicyclic) bond motifs is 6. The zero-order valence-corrected chi connectivity index (χ0v) is 41.2. The minimum absolute atomic E-state index is 0.0186. The maximum atomic E-state index is 7.51. The van der Waals surface area contributed by atoms with Gasteiger partial charge in [0.15, 0.2) is 7.28 Å². The SMILES string of the molecule is Cc1cc(C)c2c(c1)Nc1ccccc1B2c1cc2c(cc1C)N(C13CC4CC(CC(C4)C1)C3)c1cc(N(c3ccccc3)c3ccccc3)cc3c1B2c1cc(Bc2ccccc2C)c(C)cc1O3. The number of nitrogens with one attached hydrogen (secondary N) is 1. The number of para-hydroxylation sites is 3. The molecule has 0 atom stereocenters. The van der Waals surface area contributed by atoms with E-state index in [4.69, 9.17) is 4.74 Å². The summed E-state index contributed by atoms with van der Waals surface area (Å²) in [5, 5.41) is 3.89. The van der Waals surface area contributed by atoms with Crippen LogP contribution in [-0.2, 0) is 0 Å². The van der Waals surface area contributed by atoms with E-state index in [-0.39, 0.29) is 19.0 Å². The number of rotatable bonds is 7. The summed E-state index contributed by atoms with van der Waals surface area (Å²) in [5.41, 5.74) is 26.0. The lowest BCUT2D eigenvalue weighted by Crippen LogP contribution is -2.67. The predicted molar refractivity (Wildman–Crippen MR) is 299 cm³/mol. The fourth-order valence-electron chi connectivity index (χ4n) is 15.1. The van der Waals surface area contributed by atoms with Crippen LogP contribution >= 0.6 is 0 Å². The lowest BCUT2D eigenvalue weighted by molar-refractivity contribution is 0.000631. The highest BCUT2D eigenvalue weighted by atomic mass is 16.5. The van der Waals surface area contributed by atoms with Gasteiger partial charge in [0, 0.05) is 45.7 Å². The van der Waals surface area contributed by atoms with Crippen molar-refractivity contribution >= 4 is 104 Å². The molecule has 15 rings (SSSR count). The second-order valence-electron chi connectivity index (χ2n) is 22.3. The molecule has 0 spiro atoms. The van der Waals surface area contributed by atoms with Crippen LogP contribution in [0, 0.1) is 52.4 Å². The van der Waals surface area contributed by atoms with E-state index in [1.807, 2.05) is 0 Å². The van der Waals surface area contributed by atoms with Crippen molar-refractivity contribution in [2.45, 2.75) is 78.7 Å². The fraction of sp³-hybridized carbons (Fsp3) is 0.238. The monoisotopic (exact) mass is 905 g/mol.